The van der Waals surface area contributed by atoms with Crippen molar-refractivity contribution < 1.29 is 0 Å². The standard InChI is InChI=1S/C8H13/c1-2-8-5-3-4-7(8)6-8/h2,7H,3-6H2,1H3. The van der Waals surface area contributed by atoms with Crippen LogP contribution in [0.25, 0.3) is 0 Å². The lowest BCUT2D eigenvalue weighted by molar-refractivity contribution is 0.572. The van der Waals surface area contributed by atoms with E-state index < -0.39 is 0 Å². The third kappa shape index (κ3) is 0.416. The van der Waals surface area contributed by atoms with Crippen LogP contribution in [0.5, 0.6) is 0 Å². The molecule has 0 aromatic rings. The van der Waals surface area contributed by atoms with Gasteiger partial charge in [-0.15, -0.1) is 0 Å². The summed E-state index contributed by atoms with van der Waals surface area (Å²) >= 11 is 0. The van der Waals surface area contributed by atoms with Crippen molar-refractivity contribution in [1.29, 1.82) is 0 Å². The molecule has 0 aliphatic heterocycles. The topological polar surface area (TPSA) is 0 Å². The molecule has 0 aromatic carbocycles. The number of fused-ring (bicyclic) bond motifs is 1. The minimum absolute atomic E-state index is 0.778. The van der Waals surface area contributed by atoms with Crippen molar-refractivity contribution in [3.63, 3.8) is 0 Å². The molecule has 2 fully saturated rings. The maximum atomic E-state index is 2.44. The van der Waals surface area contributed by atoms with Gasteiger partial charge in [-0.2, -0.15) is 0 Å². The number of hydrogen-bond acceptors (Lipinski definition) is 0. The highest BCUT2D eigenvalue weighted by Gasteiger charge is 2.54. The van der Waals surface area contributed by atoms with Crippen molar-refractivity contribution in [2.75, 3.05) is 0 Å². The lowest BCUT2D eigenvalue weighted by atomic mass is 10.0. The molecule has 0 N–H and O–H groups in total. The Balaban J connectivity index is 2.08. The largest absolute Gasteiger partial charge is 0.0617 e. The summed E-state index contributed by atoms with van der Waals surface area (Å²) in [5.41, 5.74) is 0.778. The molecule has 1 radical (unpaired) electrons. The molecule has 0 heterocycles. The smallest absolute Gasteiger partial charge is 0.0238 e. The van der Waals surface area contributed by atoms with Gasteiger partial charge in [0.05, 0.1) is 0 Å². The Morgan fingerprint density at radius 1 is 1.62 bits per heavy atom. The van der Waals surface area contributed by atoms with E-state index in [2.05, 4.69) is 13.3 Å². The Kier molecular flexibility index (Phi) is 0.778. The monoisotopic (exact) mass is 109 g/mol. The lowest BCUT2D eigenvalue weighted by Crippen LogP contribution is -1.94. The maximum absolute atomic E-state index is 2.44. The Hall–Kier alpha value is 0. The molecule has 2 aliphatic rings. The van der Waals surface area contributed by atoms with Crippen LogP contribution in [0, 0.1) is 17.8 Å². The first-order chi connectivity index (χ1) is 3.87. The SMILES string of the molecule is C[CH]C12CCCC1C2. The molecule has 0 amide bonds. The van der Waals surface area contributed by atoms with E-state index in [1.54, 1.807) is 0 Å². The molecule has 2 unspecified atom stereocenters. The Morgan fingerprint density at radius 3 is 2.75 bits per heavy atom. The molecular weight excluding hydrogens is 96.1 g/mol. The van der Waals surface area contributed by atoms with E-state index >= 15 is 0 Å². The molecular formula is C8H13. The molecule has 45 valence electrons. The van der Waals surface area contributed by atoms with E-state index in [1.165, 1.54) is 25.7 Å². The average Bonchev–Trinajstić information content (AvgIpc) is 2.38. The van der Waals surface area contributed by atoms with Crippen LogP contribution >= 0.6 is 0 Å². The van der Waals surface area contributed by atoms with Gasteiger partial charge in [0, 0.05) is 0 Å². The summed E-state index contributed by atoms with van der Waals surface area (Å²) in [6.45, 7) is 2.23. The summed E-state index contributed by atoms with van der Waals surface area (Å²) in [7, 11) is 0. The van der Waals surface area contributed by atoms with Gasteiger partial charge in [-0.3, -0.25) is 0 Å². The van der Waals surface area contributed by atoms with Crippen LogP contribution in [0.3, 0.4) is 0 Å². The normalized spacial score (nSPS) is 51.4. The number of rotatable bonds is 1. The fraction of sp³-hybridized carbons (Fsp3) is 0.875. The van der Waals surface area contributed by atoms with Crippen LogP contribution in [0.15, 0.2) is 0 Å². The third-order valence-corrected chi connectivity index (χ3v) is 3.05. The van der Waals surface area contributed by atoms with Crippen molar-refractivity contribution >= 4 is 0 Å². The molecule has 0 heteroatoms. The zero-order valence-corrected chi connectivity index (χ0v) is 5.48. The van der Waals surface area contributed by atoms with Gasteiger partial charge in [0.1, 0.15) is 0 Å². The van der Waals surface area contributed by atoms with Crippen molar-refractivity contribution in [3.8, 4) is 0 Å². The van der Waals surface area contributed by atoms with Crippen molar-refractivity contribution in [2.45, 2.75) is 32.6 Å². The van der Waals surface area contributed by atoms with Gasteiger partial charge in [0.15, 0.2) is 0 Å². The van der Waals surface area contributed by atoms with E-state index in [-0.39, 0.29) is 0 Å². The fourth-order valence-corrected chi connectivity index (χ4v) is 2.27. The second kappa shape index (κ2) is 1.29. The highest BCUT2D eigenvalue weighted by molar-refractivity contribution is 5.12. The predicted octanol–water partition coefficient (Wildman–Crippen LogP) is 2.40. The summed E-state index contributed by atoms with van der Waals surface area (Å²) in [5.74, 6) is 1.12. The molecule has 2 saturated carbocycles. The van der Waals surface area contributed by atoms with E-state index in [4.69, 9.17) is 0 Å². The van der Waals surface area contributed by atoms with Crippen molar-refractivity contribution in [3.05, 3.63) is 6.42 Å². The quantitative estimate of drug-likeness (QED) is 0.485. The summed E-state index contributed by atoms with van der Waals surface area (Å²) in [5, 5.41) is 0. The first kappa shape index (κ1) is 4.84. The van der Waals surface area contributed by atoms with Crippen LogP contribution in [-0.2, 0) is 0 Å². The van der Waals surface area contributed by atoms with Gasteiger partial charge in [-0.1, -0.05) is 13.3 Å². The molecule has 2 atom stereocenters. The van der Waals surface area contributed by atoms with Gasteiger partial charge in [-0.05, 0) is 37.0 Å². The lowest BCUT2D eigenvalue weighted by Gasteiger charge is -2.03. The Labute approximate surface area is 51.3 Å². The van der Waals surface area contributed by atoms with Crippen LogP contribution in [-0.4, -0.2) is 0 Å². The first-order valence-electron chi connectivity index (χ1n) is 3.68. The van der Waals surface area contributed by atoms with Crippen LogP contribution in [0.2, 0.25) is 0 Å². The average molecular weight is 109 g/mol. The van der Waals surface area contributed by atoms with Crippen LogP contribution < -0.4 is 0 Å². The Bertz CT molecular complexity index is 103. The second-order valence-electron chi connectivity index (χ2n) is 3.32. The third-order valence-electron chi connectivity index (χ3n) is 3.05. The van der Waals surface area contributed by atoms with E-state index in [9.17, 15) is 0 Å². The predicted molar refractivity (Wildman–Crippen MR) is 34.4 cm³/mol. The molecule has 2 rings (SSSR count). The fourth-order valence-electron chi connectivity index (χ4n) is 2.27. The molecule has 0 aromatic heterocycles. The molecule has 8 heavy (non-hydrogen) atoms. The summed E-state index contributed by atoms with van der Waals surface area (Å²) in [6.07, 6.45) is 8.46. The minimum atomic E-state index is 0.778. The first-order valence-corrected chi connectivity index (χ1v) is 3.68. The maximum Gasteiger partial charge on any atom is -0.0238 e. The summed E-state index contributed by atoms with van der Waals surface area (Å²) < 4.78 is 0. The van der Waals surface area contributed by atoms with Crippen LogP contribution in [0.4, 0.5) is 0 Å². The molecule has 0 nitrogen and oxygen atoms in total. The van der Waals surface area contributed by atoms with E-state index in [0.29, 0.717) is 0 Å². The summed E-state index contributed by atoms with van der Waals surface area (Å²) in [6, 6.07) is 0. The highest BCUT2D eigenvalue weighted by Crippen LogP contribution is 2.64. The molecule has 0 spiro atoms. The summed E-state index contributed by atoms with van der Waals surface area (Å²) in [4.78, 5) is 0. The Morgan fingerprint density at radius 2 is 2.50 bits per heavy atom. The number of hydrogen-bond donors (Lipinski definition) is 0. The van der Waals surface area contributed by atoms with Crippen molar-refractivity contribution in [1.82, 2.24) is 0 Å². The van der Waals surface area contributed by atoms with Gasteiger partial charge in [-0.25, -0.2) is 0 Å². The van der Waals surface area contributed by atoms with Gasteiger partial charge in [0.25, 0.3) is 0 Å². The van der Waals surface area contributed by atoms with Gasteiger partial charge >= 0.3 is 0 Å². The van der Waals surface area contributed by atoms with Gasteiger partial charge in [0.2, 0.25) is 0 Å². The molecule has 2 aliphatic carbocycles. The molecule has 0 saturated heterocycles. The zero-order valence-electron chi connectivity index (χ0n) is 5.48. The van der Waals surface area contributed by atoms with Crippen molar-refractivity contribution in [2.24, 2.45) is 11.3 Å². The second-order valence-corrected chi connectivity index (χ2v) is 3.32. The highest BCUT2D eigenvalue weighted by atomic mass is 14.6. The van der Waals surface area contributed by atoms with E-state index in [0.717, 1.165) is 11.3 Å². The minimum Gasteiger partial charge on any atom is -0.0617 e. The van der Waals surface area contributed by atoms with E-state index in [1.807, 2.05) is 0 Å². The van der Waals surface area contributed by atoms with Gasteiger partial charge < -0.3 is 0 Å². The van der Waals surface area contributed by atoms with Crippen LogP contribution in [0.1, 0.15) is 32.6 Å². The zero-order chi connectivity index (χ0) is 5.61. The molecule has 0 bridgehead atoms.